The summed E-state index contributed by atoms with van der Waals surface area (Å²) in [6.45, 7) is 6.34. The summed E-state index contributed by atoms with van der Waals surface area (Å²) in [5.41, 5.74) is 2.56. The first-order valence-corrected chi connectivity index (χ1v) is 7.86. The van der Waals surface area contributed by atoms with Gasteiger partial charge in [-0.2, -0.15) is 0 Å². The Hall–Kier alpha value is -1.75. The molecular formula is C17H26N2O3. The molecule has 1 aromatic rings. The molecule has 5 nitrogen and oxygen atoms in total. The Kier molecular flexibility index (Phi) is 5.66. The predicted octanol–water partition coefficient (Wildman–Crippen LogP) is 1.63. The van der Waals surface area contributed by atoms with Crippen LogP contribution in [0.15, 0.2) is 12.1 Å². The third kappa shape index (κ3) is 3.53. The maximum absolute atomic E-state index is 12.0. The SMILES string of the molecule is CCNC(=O)[C@H](C)N1CCc2cc(OC)c(OC)cc2CC1. The van der Waals surface area contributed by atoms with Crippen LogP contribution in [0, 0.1) is 0 Å². The molecule has 1 aromatic carbocycles. The van der Waals surface area contributed by atoms with Gasteiger partial charge in [-0.3, -0.25) is 9.69 Å². The summed E-state index contributed by atoms with van der Waals surface area (Å²) in [4.78, 5) is 14.3. The molecule has 0 bridgehead atoms. The largest absolute Gasteiger partial charge is 0.493 e. The van der Waals surface area contributed by atoms with E-state index in [1.165, 1.54) is 11.1 Å². The van der Waals surface area contributed by atoms with Crippen LogP contribution in [0.25, 0.3) is 0 Å². The Morgan fingerprint density at radius 2 is 1.68 bits per heavy atom. The Labute approximate surface area is 132 Å². The lowest BCUT2D eigenvalue weighted by molar-refractivity contribution is -0.125. The van der Waals surface area contributed by atoms with E-state index in [1.807, 2.05) is 13.8 Å². The Morgan fingerprint density at radius 3 is 2.09 bits per heavy atom. The number of hydrogen-bond donors (Lipinski definition) is 1. The molecule has 0 aliphatic carbocycles. The lowest BCUT2D eigenvalue weighted by Gasteiger charge is -2.26. The first kappa shape index (κ1) is 16.6. The standard InChI is InChI=1S/C17H26N2O3/c1-5-18-17(20)12(2)19-8-6-13-10-15(21-3)16(22-4)11-14(13)7-9-19/h10-12H,5-9H2,1-4H3,(H,18,20)/t12-/m0/s1. The first-order valence-electron chi connectivity index (χ1n) is 7.86. The molecule has 1 heterocycles. The minimum absolute atomic E-state index is 0.0990. The molecule has 1 atom stereocenters. The number of nitrogens with one attached hydrogen (secondary N) is 1. The molecule has 122 valence electrons. The van der Waals surface area contributed by atoms with Crippen LogP contribution in [0.3, 0.4) is 0 Å². The quantitative estimate of drug-likeness (QED) is 0.898. The van der Waals surface area contributed by atoms with Crippen LogP contribution in [-0.4, -0.2) is 50.7 Å². The van der Waals surface area contributed by atoms with E-state index in [4.69, 9.17) is 9.47 Å². The summed E-state index contributed by atoms with van der Waals surface area (Å²) < 4.78 is 10.8. The van der Waals surface area contributed by atoms with Crippen molar-refractivity contribution in [3.8, 4) is 11.5 Å². The van der Waals surface area contributed by atoms with Gasteiger partial charge in [-0.05, 0) is 49.9 Å². The molecule has 0 spiro atoms. The minimum Gasteiger partial charge on any atom is -0.493 e. The van der Waals surface area contributed by atoms with Crippen LogP contribution in [-0.2, 0) is 17.6 Å². The number of fused-ring (bicyclic) bond motifs is 1. The Bertz CT molecular complexity index is 496. The maximum Gasteiger partial charge on any atom is 0.237 e. The van der Waals surface area contributed by atoms with Crippen molar-refractivity contribution in [2.45, 2.75) is 32.7 Å². The van der Waals surface area contributed by atoms with Crippen molar-refractivity contribution in [2.24, 2.45) is 0 Å². The molecule has 0 radical (unpaired) electrons. The second kappa shape index (κ2) is 7.49. The number of nitrogens with zero attached hydrogens (tertiary/aromatic N) is 1. The zero-order chi connectivity index (χ0) is 16.1. The van der Waals surface area contributed by atoms with E-state index in [0.29, 0.717) is 6.54 Å². The van der Waals surface area contributed by atoms with Crippen molar-refractivity contribution in [1.82, 2.24) is 10.2 Å². The molecule has 1 aliphatic rings. The number of benzene rings is 1. The van der Waals surface area contributed by atoms with Crippen LogP contribution in [0.4, 0.5) is 0 Å². The number of rotatable bonds is 5. The number of amides is 1. The molecule has 1 N–H and O–H groups in total. The van der Waals surface area contributed by atoms with E-state index >= 15 is 0 Å². The van der Waals surface area contributed by atoms with E-state index in [-0.39, 0.29) is 11.9 Å². The average Bonchev–Trinajstić information content (AvgIpc) is 2.74. The highest BCUT2D eigenvalue weighted by Crippen LogP contribution is 2.32. The van der Waals surface area contributed by atoms with Crippen molar-refractivity contribution in [3.05, 3.63) is 23.3 Å². The fourth-order valence-corrected chi connectivity index (χ4v) is 2.94. The first-order chi connectivity index (χ1) is 10.6. The third-order valence-corrected chi connectivity index (χ3v) is 4.32. The van der Waals surface area contributed by atoms with Gasteiger partial charge in [0.1, 0.15) is 0 Å². The fraction of sp³-hybridized carbons (Fsp3) is 0.588. The summed E-state index contributed by atoms with van der Waals surface area (Å²) in [5, 5.41) is 2.90. The summed E-state index contributed by atoms with van der Waals surface area (Å²) in [7, 11) is 3.31. The van der Waals surface area contributed by atoms with Crippen molar-refractivity contribution < 1.29 is 14.3 Å². The van der Waals surface area contributed by atoms with Crippen molar-refractivity contribution in [2.75, 3.05) is 33.9 Å². The van der Waals surface area contributed by atoms with Crippen molar-refractivity contribution in [3.63, 3.8) is 0 Å². The summed E-state index contributed by atoms with van der Waals surface area (Å²) in [5.74, 6) is 1.64. The monoisotopic (exact) mass is 306 g/mol. The van der Waals surface area contributed by atoms with E-state index in [1.54, 1.807) is 14.2 Å². The third-order valence-electron chi connectivity index (χ3n) is 4.32. The number of methoxy groups -OCH3 is 2. The average molecular weight is 306 g/mol. The highest BCUT2D eigenvalue weighted by atomic mass is 16.5. The van der Waals surface area contributed by atoms with Gasteiger partial charge in [-0.1, -0.05) is 0 Å². The normalized spacial score (nSPS) is 16.4. The highest BCUT2D eigenvalue weighted by molar-refractivity contribution is 5.81. The molecule has 1 aliphatic heterocycles. The molecule has 0 fully saturated rings. The topological polar surface area (TPSA) is 50.8 Å². The van der Waals surface area contributed by atoms with E-state index in [2.05, 4.69) is 22.3 Å². The van der Waals surface area contributed by atoms with Gasteiger partial charge in [0, 0.05) is 19.6 Å². The second-order valence-corrected chi connectivity index (χ2v) is 5.58. The van der Waals surface area contributed by atoms with E-state index in [0.717, 1.165) is 37.4 Å². The predicted molar refractivity (Wildman–Crippen MR) is 86.7 cm³/mol. The van der Waals surface area contributed by atoms with Crippen LogP contribution < -0.4 is 14.8 Å². The van der Waals surface area contributed by atoms with E-state index < -0.39 is 0 Å². The summed E-state index contributed by atoms with van der Waals surface area (Å²) in [6.07, 6.45) is 1.83. The number of hydrogen-bond acceptors (Lipinski definition) is 4. The molecule has 1 amide bonds. The number of carbonyl (C=O) groups is 1. The number of likely N-dealkylation sites (N-methyl/N-ethyl adjacent to an activating group) is 1. The van der Waals surface area contributed by atoms with Gasteiger partial charge < -0.3 is 14.8 Å². The summed E-state index contributed by atoms with van der Waals surface area (Å²) >= 11 is 0. The molecular weight excluding hydrogens is 280 g/mol. The summed E-state index contributed by atoms with van der Waals surface area (Å²) in [6, 6.07) is 4.03. The Balaban J connectivity index is 2.14. The van der Waals surface area contributed by atoms with Gasteiger partial charge in [0.25, 0.3) is 0 Å². The molecule has 0 aromatic heterocycles. The molecule has 0 saturated carbocycles. The lowest BCUT2D eigenvalue weighted by atomic mass is 10.0. The van der Waals surface area contributed by atoms with Crippen LogP contribution >= 0.6 is 0 Å². The van der Waals surface area contributed by atoms with Crippen LogP contribution in [0.2, 0.25) is 0 Å². The zero-order valence-electron chi connectivity index (χ0n) is 13.9. The minimum atomic E-state index is -0.0990. The molecule has 0 unspecified atom stereocenters. The fourth-order valence-electron chi connectivity index (χ4n) is 2.94. The number of carbonyl (C=O) groups excluding carboxylic acids is 1. The second-order valence-electron chi connectivity index (χ2n) is 5.58. The van der Waals surface area contributed by atoms with Gasteiger partial charge in [-0.15, -0.1) is 0 Å². The Morgan fingerprint density at radius 1 is 1.18 bits per heavy atom. The van der Waals surface area contributed by atoms with Gasteiger partial charge in [0.15, 0.2) is 11.5 Å². The molecule has 0 saturated heterocycles. The van der Waals surface area contributed by atoms with Gasteiger partial charge in [0.05, 0.1) is 20.3 Å². The maximum atomic E-state index is 12.0. The van der Waals surface area contributed by atoms with Gasteiger partial charge in [-0.25, -0.2) is 0 Å². The van der Waals surface area contributed by atoms with E-state index in [9.17, 15) is 4.79 Å². The zero-order valence-corrected chi connectivity index (χ0v) is 13.9. The smallest absolute Gasteiger partial charge is 0.237 e. The van der Waals surface area contributed by atoms with Crippen LogP contribution in [0.1, 0.15) is 25.0 Å². The van der Waals surface area contributed by atoms with Crippen LogP contribution in [0.5, 0.6) is 11.5 Å². The molecule has 5 heteroatoms. The highest BCUT2D eigenvalue weighted by Gasteiger charge is 2.24. The molecule has 22 heavy (non-hydrogen) atoms. The number of ether oxygens (including phenoxy) is 2. The van der Waals surface area contributed by atoms with Gasteiger partial charge in [0.2, 0.25) is 5.91 Å². The molecule has 2 rings (SSSR count). The van der Waals surface area contributed by atoms with Crippen molar-refractivity contribution >= 4 is 5.91 Å². The lowest BCUT2D eigenvalue weighted by Crippen LogP contribution is -2.46. The van der Waals surface area contributed by atoms with Crippen molar-refractivity contribution in [1.29, 1.82) is 0 Å². The van der Waals surface area contributed by atoms with Gasteiger partial charge >= 0.3 is 0 Å².